The van der Waals surface area contributed by atoms with Crippen LogP contribution in [0.5, 0.6) is 11.5 Å². The smallest absolute Gasteiger partial charge is 0.255 e. The summed E-state index contributed by atoms with van der Waals surface area (Å²) >= 11 is 0. The molecule has 0 spiro atoms. The van der Waals surface area contributed by atoms with Gasteiger partial charge in [-0.3, -0.25) is 24.6 Å². The van der Waals surface area contributed by atoms with Crippen LogP contribution in [-0.4, -0.2) is 135 Å². The van der Waals surface area contributed by atoms with Gasteiger partial charge in [0.1, 0.15) is 35.4 Å². The van der Waals surface area contributed by atoms with Gasteiger partial charge < -0.3 is 30.1 Å². The van der Waals surface area contributed by atoms with E-state index >= 15 is 0 Å². The van der Waals surface area contributed by atoms with E-state index in [0.717, 1.165) is 130 Å². The molecule has 0 aliphatic carbocycles. The maximum Gasteiger partial charge on any atom is 0.255 e. The van der Waals surface area contributed by atoms with Crippen molar-refractivity contribution in [3.05, 3.63) is 90.3 Å². The van der Waals surface area contributed by atoms with E-state index in [2.05, 4.69) is 45.6 Å². The fourth-order valence-corrected chi connectivity index (χ4v) is 10.0. The summed E-state index contributed by atoms with van der Waals surface area (Å²) in [5, 5.41) is 8.32. The molecule has 3 aromatic carbocycles. The van der Waals surface area contributed by atoms with Crippen molar-refractivity contribution >= 4 is 40.3 Å². The fraction of sp³-hybridized carbons (Fsp3) is 0.435. The fourth-order valence-electron chi connectivity index (χ4n) is 10.0. The van der Waals surface area contributed by atoms with Gasteiger partial charge in [0.25, 0.3) is 5.91 Å². The molecule has 0 saturated carbocycles. The van der Waals surface area contributed by atoms with Crippen LogP contribution in [0.25, 0.3) is 22.3 Å². The molecule has 7 heterocycles. The third-order valence-corrected chi connectivity index (χ3v) is 13.4. The molecule has 4 saturated heterocycles. The first-order valence-corrected chi connectivity index (χ1v) is 21.8. The highest BCUT2D eigenvalue weighted by molar-refractivity contribution is 6.05. The van der Waals surface area contributed by atoms with Gasteiger partial charge in [0, 0.05) is 95.2 Å². The highest BCUT2D eigenvalue weighted by Gasteiger charge is 2.39. The Morgan fingerprint density at radius 2 is 1.52 bits per heavy atom. The largest absolute Gasteiger partial charge is 0.457 e. The molecular formula is C46H53N11O4. The lowest BCUT2D eigenvalue weighted by Crippen LogP contribution is -2.52. The first-order valence-electron chi connectivity index (χ1n) is 21.8. The SMILES string of the molecule is Nc1ncnc2c1c(-c1ccc(Oc3ccccc3)cc1)nn2C1CCN(CCN2CCC(CN3CCN(c4ccc5c(c4)CN(C4CCC(=O)NC4=O)C5=O)CC3)C2)CC1. The number of imide groups is 1. The van der Waals surface area contributed by atoms with E-state index in [0.29, 0.717) is 30.3 Å². The number of aromatic nitrogens is 4. The number of anilines is 2. The Hall–Kier alpha value is -5.90. The number of amides is 3. The molecule has 15 nitrogen and oxygen atoms in total. The zero-order valence-electron chi connectivity index (χ0n) is 34.5. The summed E-state index contributed by atoms with van der Waals surface area (Å²) in [7, 11) is 0. The molecule has 5 aromatic rings. The second kappa shape index (κ2) is 16.9. The normalized spacial score (nSPS) is 22.0. The van der Waals surface area contributed by atoms with Crippen LogP contribution in [0.3, 0.4) is 0 Å². The van der Waals surface area contributed by atoms with Crippen molar-refractivity contribution in [2.75, 3.05) is 82.6 Å². The van der Waals surface area contributed by atoms with Crippen molar-refractivity contribution in [2.45, 2.75) is 50.7 Å². The molecule has 3 amide bonds. The second-order valence-electron chi connectivity index (χ2n) is 17.2. The van der Waals surface area contributed by atoms with Gasteiger partial charge in [0.15, 0.2) is 5.65 Å². The highest BCUT2D eigenvalue weighted by atomic mass is 16.5. The minimum atomic E-state index is -0.590. The summed E-state index contributed by atoms with van der Waals surface area (Å²) < 4.78 is 8.11. The van der Waals surface area contributed by atoms with Crippen molar-refractivity contribution in [1.29, 1.82) is 0 Å². The molecule has 5 aliphatic rings. The monoisotopic (exact) mass is 823 g/mol. The van der Waals surface area contributed by atoms with Gasteiger partial charge >= 0.3 is 0 Å². The van der Waals surface area contributed by atoms with E-state index in [1.807, 2.05) is 66.7 Å². The molecule has 2 unspecified atom stereocenters. The third kappa shape index (κ3) is 8.17. The van der Waals surface area contributed by atoms with Gasteiger partial charge in [-0.1, -0.05) is 18.2 Å². The molecule has 3 N–H and O–H groups in total. The Morgan fingerprint density at radius 1 is 0.770 bits per heavy atom. The Balaban J connectivity index is 0.676. The summed E-state index contributed by atoms with van der Waals surface area (Å²) in [5.74, 6) is 1.91. The third-order valence-electron chi connectivity index (χ3n) is 13.4. The van der Waals surface area contributed by atoms with Crippen LogP contribution in [0, 0.1) is 5.92 Å². The molecule has 4 fully saturated rings. The quantitative estimate of drug-likeness (QED) is 0.181. The average Bonchev–Trinajstić information content (AvgIpc) is 4.00. The number of rotatable bonds is 11. The van der Waals surface area contributed by atoms with Gasteiger partial charge in [-0.2, -0.15) is 5.10 Å². The number of hydrogen-bond acceptors (Lipinski definition) is 12. The number of benzene rings is 3. The number of carbonyl (C=O) groups is 3. The lowest BCUT2D eigenvalue weighted by atomic mass is 10.0. The van der Waals surface area contributed by atoms with Crippen molar-refractivity contribution in [3.63, 3.8) is 0 Å². The predicted octanol–water partition coefficient (Wildman–Crippen LogP) is 4.41. The van der Waals surface area contributed by atoms with Crippen LogP contribution in [0.1, 0.15) is 54.1 Å². The van der Waals surface area contributed by atoms with Crippen molar-refractivity contribution in [3.8, 4) is 22.8 Å². The molecule has 316 valence electrons. The standard InChI is InChI=1S/C46H53N11O4/c47-43-41-42(32-6-9-37(10-7-32)61-36-4-2-1-3-5-36)51-57(44(41)49-30-48-43)34-15-18-52(19-16-34)20-21-53-17-14-31(27-53)28-54-22-24-55(25-23-54)35-8-11-38-33(26-35)29-56(46(38)60)39-12-13-40(58)50-45(39)59/h1-11,26,30-31,34,39H,12-25,27-29H2,(H2,47,48,49)(H,50,58,59). The lowest BCUT2D eigenvalue weighted by molar-refractivity contribution is -0.136. The average molecular weight is 824 g/mol. The Labute approximate surface area is 355 Å². The molecule has 0 bridgehead atoms. The molecule has 0 radical (unpaired) electrons. The zero-order chi connectivity index (χ0) is 41.5. The van der Waals surface area contributed by atoms with Gasteiger partial charge in [0.05, 0.1) is 11.4 Å². The number of nitrogens with one attached hydrogen (secondary N) is 1. The van der Waals surface area contributed by atoms with Crippen molar-refractivity contribution in [2.24, 2.45) is 5.92 Å². The van der Waals surface area contributed by atoms with E-state index < -0.39 is 6.04 Å². The van der Waals surface area contributed by atoms with Crippen LogP contribution in [0.15, 0.2) is 79.1 Å². The number of ether oxygens (including phenoxy) is 1. The minimum Gasteiger partial charge on any atom is -0.457 e. The summed E-state index contributed by atoms with van der Waals surface area (Å²) in [5.41, 5.74) is 11.7. The molecule has 2 aromatic heterocycles. The summed E-state index contributed by atoms with van der Waals surface area (Å²) in [6.45, 7) is 12.0. The molecule has 10 rings (SSSR count). The second-order valence-corrected chi connectivity index (χ2v) is 17.2. The highest BCUT2D eigenvalue weighted by Crippen LogP contribution is 2.36. The number of likely N-dealkylation sites (tertiary alicyclic amines) is 2. The maximum absolute atomic E-state index is 13.2. The summed E-state index contributed by atoms with van der Waals surface area (Å²) in [6.07, 6.45) is 5.43. The number of nitrogen functional groups attached to an aromatic ring is 1. The first-order chi connectivity index (χ1) is 29.8. The Kier molecular flexibility index (Phi) is 10.9. The van der Waals surface area contributed by atoms with E-state index in [4.69, 9.17) is 15.6 Å². The number of para-hydroxylation sites is 1. The van der Waals surface area contributed by atoms with E-state index in [1.165, 1.54) is 12.7 Å². The van der Waals surface area contributed by atoms with Gasteiger partial charge in [-0.05, 0) is 98.3 Å². The van der Waals surface area contributed by atoms with Crippen LogP contribution in [0.2, 0.25) is 0 Å². The number of piperidine rings is 2. The van der Waals surface area contributed by atoms with Crippen LogP contribution < -0.4 is 20.7 Å². The molecule has 2 atom stereocenters. The van der Waals surface area contributed by atoms with Gasteiger partial charge in [-0.25, -0.2) is 14.6 Å². The molecule has 5 aliphatic heterocycles. The first kappa shape index (κ1) is 39.2. The van der Waals surface area contributed by atoms with Crippen molar-refractivity contribution < 1.29 is 19.1 Å². The minimum absolute atomic E-state index is 0.124. The van der Waals surface area contributed by atoms with Crippen LogP contribution >= 0.6 is 0 Å². The number of nitrogens with zero attached hydrogens (tertiary/aromatic N) is 9. The van der Waals surface area contributed by atoms with Crippen LogP contribution in [0.4, 0.5) is 11.5 Å². The van der Waals surface area contributed by atoms with Gasteiger partial charge in [-0.15, -0.1) is 0 Å². The van der Waals surface area contributed by atoms with Gasteiger partial charge in [0.2, 0.25) is 11.8 Å². The molecule has 61 heavy (non-hydrogen) atoms. The number of nitrogens with two attached hydrogens (primary N) is 1. The summed E-state index contributed by atoms with van der Waals surface area (Å²) in [4.78, 5) is 58.2. The topological polar surface area (TPSA) is 158 Å². The van der Waals surface area contributed by atoms with E-state index in [-0.39, 0.29) is 30.2 Å². The number of fused-ring (bicyclic) bond motifs is 2. The number of hydrogen-bond donors (Lipinski definition) is 2. The Bertz CT molecular complexity index is 2410. The van der Waals surface area contributed by atoms with E-state index in [9.17, 15) is 14.4 Å². The molecule has 15 heteroatoms. The van der Waals surface area contributed by atoms with Crippen molar-refractivity contribution in [1.82, 2.24) is 44.7 Å². The van der Waals surface area contributed by atoms with E-state index in [1.54, 1.807) is 4.90 Å². The summed E-state index contributed by atoms with van der Waals surface area (Å²) in [6, 6.07) is 23.4. The Morgan fingerprint density at radius 3 is 2.31 bits per heavy atom. The maximum atomic E-state index is 13.2. The van der Waals surface area contributed by atoms with Crippen LogP contribution in [-0.2, 0) is 16.1 Å². The number of piperazine rings is 1. The lowest BCUT2D eigenvalue weighted by Gasteiger charge is -2.37. The molecular weight excluding hydrogens is 771 g/mol. The zero-order valence-corrected chi connectivity index (χ0v) is 34.5. The predicted molar refractivity (Wildman–Crippen MR) is 232 cm³/mol. The number of carbonyl (C=O) groups excluding carboxylic acids is 3.